The van der Waals surface area contributed by atoms with Crippen molar-refractivity contribution in [2.75, 3.05) is 0 Å². The van der Waals surface area contributed by atoms with E-state index < -0.39 is 11.2 Å². The zero-order valence-electron chi connectivity index (χ0n) is 10.4. The van der Waals surface area contributed by atoms with Crippen LogP contribution in [0.2, 0.25) is 10.0 Å². The molecule has 0 aliphatic heterocycles. The molecular weight excluding hydrogens is 315 g/mol. The molecule has 0 spiro atoms. The zero-order valence-corrected chi connectivity index (χ0v) is 12.8. The summed E-state index contributed by atoms with van der Waals surface area (Å²) in [4.78, 5) is 12.3. The second-order valence-corrected chi connectivity index (χ2v) is 6.39. The Balaban J connectivity index is 2.15. The number of carbonyl (C=O) groups is 1. The number of thioether (sulfide) groups is 1. The fourth-order valence-corrected chi connectivity index (χ4v) is 3.38. The molecule has 5 heteroatoms. The van der Waals surface area contributed by atoms with Gasteiger partial charge in [0.25, 0.3) is 0 Å². The van der Waals surface area contributed by atoms with Crippen LogP contribution in [0.3, 0.4) is 0 Å². The van der Waals surface area contributed by atoms with Crippen molar-refractivity contribution < 1.29 is 9.90 Å². The van der Waals surface area contributed by atoms with Crippen LogP contribution in [0.15, 0.2) is 53.4 Å². The minimum absolute atomic E-state index is 0.370. The van der Waals surface area contributed by atoms with Crippen molar-refractivity contribution in [2.24, 2.45) is 0 Å². The topological polar surface area (TPSA) is 37.3 Å². The Morgan fingerprint density at radius 1 is 1.10 bits per heavy atom. The normalized spacial score (nSPS) is 12.1. The van der Waals surface area contributed by atoms with E-state index in [0.29, 0.717) is 16.5 Å². The lowest BCUT2D eigenvalue weighted by Crippen LogP contribution is -2.19. The molecule has 2 aromatic rings. The van der Waals surface area contributed by atoms with Gasteiger partial charge in [0.15, 0.2) is 0 Å². The largest absolute Gasteiger partial charge is 0.480 e. The highest BCUT2D eigenvalue weighted by Crippen LogP contribution is 2.28. The third-order valence-corrected chi connectivity index (χ3v) is 4.27. The van der Waals surface area contributed by atoms with E-state index in [9.17, 15) is 9.90 Å². The summed E-state index contributed by atoms with van der Waals surface area (Å²) in [5.74, 6) is -0.852. The number of rotatable bonds is 5. The van der Waals surface area contributed by atoms with Gasteiger partial charge in [-0.1, -0.05) is 41.4 Å². The van der Waals surface area contributed by atoms with Crippen LogP contribution in [0.4, 0.5) is 0 Å². The molecule has 2 rings (SSSR count). The Bertz CT molecular complexity index is 582. The first-order valence-electron chi connectivity index (χ1n) is 5.94. The van der Waals surface area contributed by atoms with Crippen LogP contribution in [0.1, 0.15) is 5.56 Å². The van der Waals surface area contributed by atoms with Gasteiger partial charge in [-0.25, -0.2) is 0 Å². The summed E-state index contributed by atoms with van der Waals surface area (Å²) < 4.78 is 0. The summed E-state index contributed by atoms with van der Waals surface area (Å²) in [7, 11) is 0. The van der Waals surface area contributed by atoms with E-state index >= 15 is 0 Å². The van der Waals surface area contributed by atoms with Gasteiger partial charge in [0, 0.05) is 14.9 Å². The maximum Gasteiger partial charge on any atom is 0.317 e. The molecule has 0 aromatic heterocycles. The molecule has 0 unspecified atom stereocenters. The molecule has 0 saturated heterocycles. The number of carboxylic acid groups (broad SMARTS) is 1. The molecule has 1 atom stereocenters. The molecule has 0 amide bonds. The number of halogens is 2. The highest BCUT2D eigenvalue weighted by Gasteiger charge is 2.19. The number of hydrogen-bond donors (Lipinski definition) is 1. The Morgan fingerprint density at radius 2 is 1.70 bits per heavy atom. The lowest BCUT2D eigenvalue weighted by molar-refractivity contribution is -0.136. The van der Waals surface area contributed by atoms with E-state index in [1.807, 2.05) is 30.3 Å². The average molecular weight is 327 g/mol. The zero-order chi connectivity index (χ0) is 14.5. The molecule has 0 aliphatic carbocycles. The first kappa shape index (κ1) is 15.2. The van der Waals surface area contributed by atoms with Crippen molar-refractivity contribution in [3.05, 3.63) is 64.1 Å². The van der Waals surface area contributed by atoms with Crippen molar-refractivity contribution >= 4 is 40.9 Å². The SMILES string of the molecule is O=C(O)[C@H](Cc1cc(Cl)cc(Cl)c1)Sc1ccccc1. The van der Waals surface area contributed by atoms with Crippen molar-refractivity contribution in [2.45, 2.75) is 16.6 Å². The van der Waals surface area contributed by atoms with Crippen molar-refractivity contribution in [1.29, 1.82) is 0 Å². The van der Waals surface area contributed by atoms with Crippen LogP contribution in [0, 0.1) is 0 Å². The third kappa shape index (κ3) is 4.44. The van der Waals surface area contributed by atoms with Gasteiger partial charge in [-0.05, 0) is 42.3 Å². The van der Waals surface area contributed by atoms with Crippen molar-refractivity contribution in [3.63, 3.8) is 0 Å². The molecule has 0 saturated carbocycles. The van der Waals surface area contributed by atoms with Gasteiger partial charge in [0.1, 0.15) is 5.25 Å². The summed E-state index contributed by atoms with van der Waals surface area (Å²) in [6, 6.07) is 14.6. The maximum atomic E-state index is 11.4. The number of carboxylic acids is 1. The quantitative estimate of drug-likeness (QED) is 0.803. The van der Waals surface area contributed by atoms with E-state index in [4.69, 9.17) is 23.2 Å². The molecule has 1 N–H and O–H groups in total. The molecule has 0 bridgehead atoms. The molecule has 20 heavy (non-hydrogen) atoms. The predicted octanol–water partition coefficient (Wildman–Crippen LogP) is 4.78. The summed E-state index contributed by atoms with van der Waals surface area (Å²) >= 11 is 13.2. The van der Waals surface area contributed by atoms with Crippen LogP contribution in [0.25, 0.3) is 0 Å². The van der Waals surface area contributed by atoms with Crippen LogP contribution < -0.4 is 0 Å². The number of benzene rings is 2. The Hall–Kier alpha value is -1.16. The first-order chi connectivity index (χ1) is 9.54. The fourth-order valence-electron chi connectivity index (χ4n) is 1.79. The van der Waals surface area contributed by atoms with Crippen molar-refractivity contribution in [3.8, 4) is 0 Å². The van der Waals surface area contributed by atoms with Gasteiger partial charge in [0.2, 0.25) is 0 Å². The minimum Gasteiger partial charge on any atom is -0.480 e. The van der Waals surface area contributed by atoms with E-state index in [-0.39, 0.29) is 0 Å². The summed E-state index contributed by atoms with van der Waals surface area (Å²) in [6.07, 6.45) is 0.370. The van der Waals surface area contributed by atoms with Gasteiger partial charge in [-0.2, -0.15) is 0 Å². The first-order valence-corrected chi connectivity index (χ1v) is 7.57. The molecular formula is C15H12Cl2O2S. The number of aliphatic carboxylic acids is 1. The monoisotopic (exact) mass is 326 g/mol. The van der Waals surface area contributed by atoms with Crippen molar-refractivity contribution in [1.82, 2.24) is 0 Å². The van der Waals surface area contributed by atoms with E-state index in [1.54, 1.807) is 18.2 Å². The van der Waals surface area contributed by atoms with Gasteiger partial charge in [0.05, 0.1) is 0 Å². The van der Waals surface area contributed by atoms with Crippen LogP contribution in [-0.4, -0.2) is 16.3 Å². The van der Waals surface area contributed by atoms with Gasteiger partial charge in [-0.3, -0.25) is 4.79 Å². The minimum atomic E-state index is -0.852. The van der Waals surface area contributed by atoms with Crippen LogP contribution >= 0.6 is 35.0 Å². The van der Waals surface area contributed by atoms with Crippen LogP contribution in [-0.2, 0) is 11.2 Å². The molecule has 104 valence electrons. The molecule has 2 nitrogen and oxygen atoms in total. The maximum absolute atomic E-state index is 11.4. The van der Waals surface area contributed by atoms with Gasteiger partial charge >= 0.3 is 5.97 Å². The molecule has 0 radical (unpaired) electrons. The van der Waals surface area contributed by atoms with E-state index in [0.717, 1.165) is 10.5 Å². The fraction of sp³-hybridized carbons (Fsp3) is 0.133. The Morgan fingerprint density at radius 3 is 2.25 bits per heavy atom. The summed E-state index contributed by atoms with van der Waals surface area (Å²) in [6.45, 7) is 0. The highest BCUT2D eigenvalue weighted by molar-refractivity contribution is 8.00. The number of hydrogen-bond acceptors (Lipinski definition) is 2. The molecule has 0 heterocycles. The lowest BCUT2D eigenvalue weighted by Gasteiger charge is -2.12. The second-order valence-electron chi connectivity index (χ2n) is 4.24. The Labute approximate surface area is 131 Å². The summed E-state index contributed by atoms with van der Waals surface area (Å²) in [5, 5.41) is 9.80. The second kappa shape index (κ2) is 7.02. The lowest BCUT2D eigenvalue weighted by atomic mass is 10.1. The standard InChI is InChI=1S/C15H12Cl2O2S/c16-11-6-10(7-12(17)9-11)8-14(15(18)19)20-13-4-2-1-3-5-13/h1-7,9,14H,8H2,(H,18,19)/t14-/m0/s1. The van der Waals surface area contributed by atoms with Gasteiger partial charge < -0.3 is 5.11 Å². The molecule has 2 aromatic carbocycles. The van der Waals surface area contributed by atoms with Crippen LogP contribution in [0.5, 0.6) is 0 Å². The van der Waals surface area contributed by atoms with E-state index in [1.165, 1.54) is 11.8 Å². The third-order valence-electron chi connectivity index (χ3n) is 2.64. The summed E-state index contributed by atoms with van der Waals surface area (Å²) in [5.41, 5.74) is 0.818. The smallest absolute Gasteiger partial charge is 0.317 e. The Kier molecular flexibility index (Phi) is 5.35. The van der Waals surface area contributed by atoms with Gasteiger partial charge in [-0.15, -0.1) is 11.8 Å². The highest BCUT2D eigenvalue weighted by atomic mass is 35.5. The molecule has 0 fully saturated rings. The average Bonchev–Trinajstić information content (AvgIpc) is 2.38. The molecule has 0 aliphatic rings. The van der Waals surface area contributed by atoms with E-state index in [2.05, 4.69) is 0 Å². The predicted molar refractivity (Wildman–Crippen MR) is 83.9 cm³/mol.